The first-order chi connectivity index (χ1) is 11.8. The van der Waals surface area contributed by atoms with E-state index >= 15 is 0 Å². The highest BCUT2D eigenvalue weighted by molar-refractivity contribution is 5.88. The van der Waals surface area contributed by atoms with Crippen LogP contribution in [0.5, 0.6) is 0 Å². The third-order valence-electron chi connectivity index (χ3n) is 5.52. The van der Waals surface area contributed by atoms with Crippen LogP contribution in [-0.4, -0.2) is 39.5 Å². The number of hydrogen-bond acceptors (Lipinski definition) is 4. The van der Waals surface area contributed by atoms with Gasteiger partial charge in [-0.25, -0.2) is 4.79 Å². The third kappa shape index (κ3) is 3.37. The molecule has 25 heavy (non-hydrogen) atoms. The normalized spacial score (nSPS) is 24.4. The van der Waals surface area contributed by atoms with Gasteiger partial charge in [-0.15, -0.1) is 0 Å². The van der Waals surface area contributed by atoms with Gasteiger partial charge in [0.1, 0.15) is 0 Å². The number of anilines is 1. The molecule has 1 fully saturated rings. The van der Waals surface area contributed by atoms with E-state index in [1.807, 2.05) is 24.4 Å². The standard InChI is InChI=1S/C18H25N5O2/c1-17(2)14(11-18(17,3)25-4)20-16(24)21-15-8-10-23(22-15)12-13-7-5-6-9-19-13/h5-10,14H,11-12H2,1-4H3,(H2,20,21,22,24)/t14-,18-/m1/s1. The van der Waals surface area contributed by atoms with Crippen LogP contribution < -0.4 is 10.6 Å². The average Bonchev–Trinajstić information content (AvgIpc) is 3.01. The number of aromatic nitrogens is 3. The van der Waals surface area contributed by atoms with E-state index in [2.05, 4.69) is 41.5 Å². The van der Waals surface area contributed by atoms with Crippen LogP contribution in [0.4, 0.5) is 10.6 Å². The molecule has 7 nitrogen and oxygen atoms in total. The number of methoxy groups -OCH3 is 1. The third-order valence-corrected chi connectivity index (χ3v) is 5.52. The van der Waals surface area contributed by atoms with Crippen molar-refractivity contribution >= 4 is 11.8 Å². The maximum Gasteiger partial charge on any atom is 0.320 e. The van der Waals surface area contributed by atoms with Crippen molar-refractivity contribution in [1.29, 1.82) is 0 Å². The minimum Gasteiger partial charge on any atom is -0.378 e. The average molecular weight is 343 g/mol. The molecule has 0 unspecified atom stereocenters. The lowest BCUT2D eigenvalue weighted by Gasteiger charge is -2.58. The van der Waals surface area contributed by atoms with E-state index in [1.165, 1.54) is 0 Å². The topological polar surface area (TPSA) is 81.1 Å². The van der Waals surface area contributed by atoms with Gasteiger partial charge < -0.3 is 10.1 Å². The van der Waals surface area contributed by atoms with Crippen LogP contribution in [-0.2, 0) is 11.3 Å². The number of nitrogens with zero attached hydrogens (tertiary/aromatic N) is 3. The quantitative estimate of drug-likeness (QED) is 0.874. The largest absolute Gasteiger partial charge is 0.378 e. The van der Waals surface area contributed by atoms with E-state index in [1.54, 1.807) is 24.1 Å². The van der Waals surface area contributed by atoms with Gasteiger partial charge in [0.05, 0.1) is 17.8 Å². The van der Waals surface area contributed by atoms with Crippen LogP contribution in [0.2, 0.25) is 0 Å². The van der Waals surface area contributed by atoms with Crippen molar-refractivity contribution < 1.29 is 9.53 Å². The first-order valence-electron chi connectivity index (χ1n) is 8.40. The number of amides is 2. The van der Waals surface area contributed by atoms with E-state index in [-0.39, 0.29) is 23.1 Å². The van der Waals surface area contributed by atoms with Gasteiger partial charge in [-0.3, -0.25) is 15.0 Å². The highest BCUT2D eigenvalue weighted by Gasteiger charge is 2.58. The van der Waals surface area contributed by atoms with Crippen molar-refractivity contribution in [1.82, 2.24) is 20.1 Å². The lowest BCUT2D eigenvalue weighted by atomic mass is 9.56. The second-order valence-electron chi connectivity index (χ2n) is 7.23. The number of nitrogens with one attached hydrogen (secondary N) is 2. The molecule has 134 valence electrons. The number of pyridine rings is 1. The highest BCUT2D eigenvalue weighted by Crippen LogP contribution is 2.51. The summed E-state index contributed by atoms with van der Waals surface area (Å²) in [7, 11) is 1.71. The van der Waals surface area contributed by atoms with Crippen molar-refractivity contribution in [2.24, 2.45) is 5.41 Å². The number of rotatable bonds is 5. The Morgan fingerprint density at radius 1 is 1.36 bits per heavy atom. The second-order valence-corrected chi connectivity index (χ2v) is 7.23. The van der Waals surface area contributed by atoms with E-state index in [0.717, 1.165) is 12.1 Å². The molecule has 2 aromatic heterocycles. The first kappa shape index (κ1) is 17.4. The smallest absolute Gasteiger partial charge is 0.320 e. The summed E-state index contributed by atoms with van der Waals surface area (Å²) in [4.78, 5) is 16.5. The Morgan fingerprint density at radius 3 is 2.80 bits per heavy atom. The van der Waals surface area contributed by atoms with Gasteiger partial charge in [0, 0.05) is 37.0 Å². The van der Waals surface area contributed by atoms with Crippen LogP contribution in [0.1, 0.15) is 32.9 Å². The van der Waals surface area contributed by atoms with Gasteiger partial charge in [-0.05, 0) is 25.5 Å². The maximum absolute atomic E-state index is 12.2. The molecule has 3 rings (SSSR count). The Labute approximate surface area is 147 Å². The van der Waals surface area contributed by atoms with Gasteiger partial charge in [0.2, 0.25) is 0 Å². The molecule has 0 aliphatic heterocycles. The Balaban J connectivity index is 1.54. The van der Waals surface area contributed by atoms with Crippen LogP contribution in [0.25, 0.3) is 0 Å². The van der Waals surface area contributed by atoms with E-state index < -0.39 is 0 Å². The minimum atomic E-state index is -0.251. The predicted molar refractivity (Wildman–Crippen MR) is 95.3 cm³/mol. The molecule has 1 saturated carbocycles. The lowest BCUT2D eigenvalue weighted by molar-refractivity contribution is -0.177. The number of urea groups is 1. The first-order valence-corrected chi connectivity index (χ1v) is 8.40. The Morgan fingerprint density at radius 2 is 2.16 bits per heavy atom. The molecule has 1 aliphatic carbocycles. The molecule has 0 aromatic carbocycles. The minimum absolute atomic E-state index is 0.0630. The summed E-state index contributed by atoms with van der Waals surface area (Å²) in [6.07, 6.45) is 4.36. The molecule has 0 spiro atoms. The van der Waals surface area contributed by atoms with Crippen molar-refractivity contribution in [2.45, 2.75) is 45.4 Å². The maximum atomic E-state index is 12.2. The molecule has 2 atom stereocenters. The molecular formula is C18H25N5O2. The van der Waals surface area contributed by atoms with Crippen LogP contribution in [0, 0.1) is 5.41 Å². The van der Waals surface area contributed by atoms with Crippen molar-refractivity contribution in [3.05, 3.63) is 42.4 Å². The molecule has 2 N–H and O–H groups in total. The van der Waals surface area contributed by atoms with E-state index in [9.17, 15) is 4.79 Å². The fourth-order valence-electron chi connectivity index (χ4n) is 3.21. The van der Waals surface area contributed by atoms with E-state index in [0.29, 0.717) is 12.4 Å². The van der Waals surface area contributed by atoms with Crippen LogP contribution in [0.15, 0.2) is 36.7 Å². The van der Waals surface area contributed by atoms with Gasteiger partial charge >= 0.3 is 6.03 Å². The zero-order valence-electron chi connectivity index (χ0n) is 15.1. The fraction of sp³-hybridized carbons (Fsp3) is 0.500. The molecule has 2 heterocycles. The Kier molecular flexibility index (Phi) is 4.51. The monoisotopic (exact) mass is 343 g/mol. The zero-order valence-corrected chi connectivity index (χ0v) is 15.1. The Bertz CT molecular complexity index is 743. The SMILES string of the molecule is CO[C@]1(C)C[C@@H](NC(=O)Nc2ccn(Cc3ccccn3)n2)C1(C)C. The van der Waals surface area contributed by atoms with E-state index in [4.69, 9.17) is 4.74 Å². The fourth-order valence-corrected chi connectivity index (χ4v) is 3.21. The number of carbonyl (C=O) groups is 1. The molecule has 0 radical (unpaired) electrons. The van der Waals surface area contributed by atoms with Gasteiger partial charge in [-0.2, -0.15) is 5.10 Å². The molecule has 0 saturated heterocycles. The molecular weight excluding hydrogens is 318 g/mol. The summed E-state index contributed by atoms with van der Waals surface area (Å²) < 4.78 is 7.33. The number of hydrogen-bond donors (Lipinski definition) is 2. The number of ether oxygens (including phenoxy) is 1. The van der Waals surface area contributed by atoms with Gasteiger partial charge in [0.15, 0.2) is 5.82 Å². The molecule has 2 aromatic rings. The lowest BCUT2D eigenvalue weighted by Crippen LogP contribution is -2.68. The predicted octanol–water partition coefficient (Wildman–Crippen LogP) is 2.65. The number of carbonyl (C=O) groups excluding carboxylic acids is 1. The van der Waals surface area contributed by atoms with Crippen LogP contribution in [0.3, 0.4) is 0 Å². The summed E-state index contributed by atoms with van der Waals surface area (Å²) >= 11 is 0. The summed E-state index contributed by atoms with van der Waals surface area (Å²) in [5.74, 6) is 0.514. The summed E-state index contributed by atoms with van der Waals surface area (Å²) in [5.41, 5.74) is 0.573. The highest BCUT2D eigenvalue weighted by atomic mass is 16.5. The van der Waals surface area contributed by atoms with Crippen molar-refractivity contribution in [3.63, 3.8) is 0 Å². The van der Waals surface area contributed by atoms with Gasteiger partial charge in [-0.1, -0.05) is 19.9 Å². The van der Waals surface area contributed by atoms with Crippen molar-refractivity contribution in [3.8, 4) is 0 Å². The molecule has 7 heteroatoms. The summed E-state index contributed by atoms with van der Waals surface area (Å²) in [6.45, 7) is 6.84. The molecule has 2 amide bonds. The molecule has 0 bridgehead atoms. The zero-order chi connectivity index (χ0) is 18.1. The van der Waals surface area contributed by atoms with Crippen LogP contribution >= 0.6 is 0 Å². The Hall–Kier alpha value is -2.41. The van der Waals surface area contributed by atoms with Gasteiger partial charge in [0.25, 0.3) is 0 Å². The summed E-state index contributed by atoms with van der Waals surface area (Å²) in [5, 5.41) is 10.2. The van der Waals surface area contributed by atoms with Crippen molar-refractivity contribution in [2.75, 3.05) is 12.4 Å². The summed E-state index contributed by atoms with van der Waals surface area (Å²) in [6, 6.07) is 7.33. The second kappa shape index (κ2) is 6.48. The molecule has 1 aliphatic rings.